The molecule has 1 atom stereocenters. The molecule has 17 heavy (non-hydrogen) atoms. The number of unbranched alkanes of at least 4 members (excludes halogenated alkanes) is 4. The summed E-state index contributed by atoms with van der Waals surface area (Å²) in [6.07, 6.45) is 8.41. The quantitative estimate of drug-likeness (QED) is 0.629. The third-order valence-electron chi connectivity index (χ3n) is 3.72. The van der Waals surface area contributed by atoms with E-state index in [1.54, 1.807) is 0 Å². The van der Waals surface area contributed by atoms with Crippen molar-refractivity contribution in [1.82, 2.24) is 0 Å². The van der Waals surface area contributed by atoms with Gasteiger partial charge in [0.2, 0.25) is 0 Å². The molecule has 1 aromatic carbocycles. The van der Waals surface area contributed by atoms with Crippen molar-refractivity contribution < 1.29 is 4.39 Å². The van der Waals surface area contributed by atoms with E-state index in [-0.39, 0.29) is 0 Å². The van der Waals surface area contributed by atoms with E-state index in [1.165, 1.54) is 48.8 Å². The van der Waals surface area contributed by atoms with E-state index in [9.17, 15) is 4.39 Å². The monoisotopic (exact) mass is 234 g/mol. The van der Waals surface area contributed by atoms with Crippen molar-refractivity contribution in [1.29, 1.82) is 0 Å². The second-order valence-electron chi connectivity index (χ2n) is 5.27. The van der Waals surface area contributed by atoms with Crippen LogP contribution < -0.4 is 0 Å². The number of halogens is 1. The van der Waals surface area contributed by atoms with Crippen LogP contribution in [-0.4, -0.2) is 6.17 Å². The Bertz CT molecular complexity index is 357. The number of benzene rings is 1. The van der Waals surface area contributed by atoms with Crippen LogP contribution in [0.15, 0.2) is 18.2 Å². The first kappa shape index (κ1) is 12.6. The summed E-state index contributed by atoms with van der Waals surface area (Å²) < 4.78 is 13.2. The van der Waals surface area contributed by atoms with Gasteiger partial charge in [-0.3, -0.25) is 0 Å². The predicted octanol–water partition coefficient (Wildman–Crippen LogP) is 4.64. The van der Waals surface area contributed by atoms with Crippen molar-refractivity contribution in [2.75, 3.05) is 0 Å². The van der Waals surface area contributed by atoms with Crippen molar-refractivity contribution in [2.24, 2.45) is 0 Å². The van der Waals surface area contributed by atoms with E-state index >= 15 is 0 Å². The normalized spacial score (nSPS) is 18.4. The van der Waals surface area contributed by atoms with Crippen LogP contribution in [0.1, 0.15) is 55.7 Å². The molecule has 0 saturated carbocycles. The third kappa shape index (κ3) is 3.55. The van der Waals surface area contributed by atoms with Crippen LogP contribution in [-0.2, 0) is 19.3 Å². The van der Waals surface area contributed by atoms with Gasteiger partial charge < -0.3 is 0 Å². The summed E-state index contributed by atoms with van der Waals surface area (Å²) in [5.74, 6) is 0. The van der Waals surface area contributed by atoms with Crippen LogP contribution in [0.3, 0.4) is 0 Å². The molecule has 1 aliphatic rings. The molecule has 0 fully saturated rings. The van der Waals surface area contributed by atoms with Crippen LogP contribution in [0, 0.1) is 0 Å². The number of hydrogen-bond acceptors (Lipinski definition) is 0. The summed E-state index contributed by atoms with van der Waals surface area (Å²) in [6.45, 7) is 2.24. The molecule has 1 heteroatoms. The highest BCUT2D eigenvalue weighted by molar-refractivity contribution is 5.36. The third-order valence-corrected chi connectivity index (χ3v) is 3.72. The molecule has 1 aromatic rings. The maximum Gasteiger partial charge on any atom is 0.108 e. The van der Waals surface area contributed by atoms with Crippen molar-refractivity contribution in [3.63, 3.8) is 0 Å². The summed E-state index contributed by atoms with van der Waals surface area (Å²) in [5, 5.41) is 0. The highest BCUT2D eigenvalue weighted by Gasteiger charge is 2.20. The first-order valence-corrected chi connectivity index (χ1v) is 7.04. The predicted molar refractivity (Wildman–Crippen MR) is 71.2 cm³/mol. The standard InChI is InChI=1S/C16H23F/c1-2-3-4-5-6-7-13-8-9-14-11-16(17)12-15(14)10-13/h8-10,16H,2-7,11-12H2,1H3. The molecule has 0 radical (unpaired) electrons. The molecule has 2 rings (SSSR count). The highest BCUT2D eigenvalue weighted by atomic mass is 19.1. The van der Waals surface area contributed by atoms with E-state index < -0.39 is 6.17 Å². The molecule has 0 spiro atoms. The van der Waals surface area contributed by atoms with Gasteiger partial charge in [-0.1, -0.05) is 50.8 Å². The topological polar surface area (TPSA) is 0 Å². The van der Waals surface area contributed by atoms with Crippen LogP contribution in [0.5, 0.6) is 0 Å². The molecule has 0 heterocycles. The van der Waals surface area contributed by atoms with E-state index in [1.807, 2.05) is 0 Å². The summed E-state index contributed by atoms with van der Waals surface area (Å²) in [6, 6.07) is 6.56. The van der Waals surface area contributed by atoms with Gasteiger partial charge in [0.25, 0.3) is 0 Å². The smallest absolute Gasteiger partial charge is 0.108 e. The number of fused-ring (bicyclic) bond motifs is 1. The Kier molecular flexibility index (Phi) is 4.58. The first-order chi connectivity index (χ1) is 8.29. The lowest BCUT2D eigenvalue weighted by atomic mass is 10.0. The molecular weight excluding hydrogens is 211 g/mol. The van der Waals surface area contributed by atoms with E-state index in [4.69, 9.17) is 0 Å². The number of alkyl halides is 1. The molecular formula is C16H23F. The summed E-state index contributed by atoms with van der Waals surface area (Å²) in [7, 11) is 0. The van der Waals surface area contributed by atoms with Crippen molar-refractivity contribution in [3.8, 4) is 0 Å². The minimum Gasteiger partial charge on any atom is -0.247 e. The van der Waals surface area contributed by atoms with Gasteiger partial charge in [-0.15, -0.1) is 0 Å². The zero-order chi connectivity index (χ0) is 12.1. The van der Waals surface area contributed by atoms with Crippen molar-refractivity contribution >= 4 is 0 Å². The van der Waals surface area contributed by atoms with Gasteiger partial charge in [0, 0.05) is 12.8 Å². The van der Waals surface area contributed by atoms with Gasteiger partial charge in [0.1, 0.15) is 6.17 Å². The lowest BCUT2D eigenvalue weighted by Gasteiger charge is -2.04. The van der Waals surface area contributed by atoms with Gasteiger partial charge >= 0.3 is 0 Å². The summed E-state index contributed by atoms with van der Waals surface area (Å²) >= 11 is 0. The lowest BCUT2D eigenvalue weighted by Crippen LogP contribution is -1.95. The second-order valence-corrected chi connectivity index (χ2v) is 5.27. The average molecular weight is 234 g/mol. The number of rotatable bonds is 6. The first-order valence-electron chi connectivity index (χ1n) is 7.04. The molecule has 0 nitrogen and oxygen atoms in total. The largest absolute Gasteiger partial charge is 0.247 e. The molecule has 0 N–H and O–H groups in total. The van der Waals surface area contributed by atoms with Crippen LogP contribution >= 0.6 is 0 Å². The maximum atomic E-state index is 13.2. The van der Waals surface area contributed by atoms with E-state index in [0.717, 1.165) is 6.42 Å². The number of aryl methyl sites for hydroxylation is 1. The minimum absolute atomic E-state index is 0.631. The molecule has 0 aromatic heterocycles. The maximum absolute atomic E-state index is 13.2. The molecule has 0 aliphatic heterocycles. The zero-order valence-electron chi connectivity index (χ0n) is 10.8. The molecule has 1 unspecified atom stereocenters. The fraction of sp³-hybridized carbons (Fsp3) is 0.625. The summed E-state index contributed by atoms with van der Waals surface area (Å²) in [4.78, 5) is 0. The Balaban J connectivity index is 1.80. The molecule has 0 bridgehead atoms. The minimum atomic E-state index is -0.634. The fourth-order valence-corrected chi connectivity index (χ4v) is 2.71. The summed E-state index contributed by atoms with van der Waals surface area (Å²) in [5.41, 5.74) is 3.88. The highest BCUT2D eigenvalue weighted by Crippen LogP contribution is 2.25. The van der Waals surface area contributed by atoms with Gasteiger partial charge in [-0.05, 0) is 29.5 Å². The van der Waals surface area contributed by atoms with Gasteiger partial charge in [0.15, 0.2) is 0 Å². The van der Waals surface area contributed by atoms with Gasteiger partial charge in [-0.2, -0.15) is 0 Å². The number of hydrogen-bond donors (Lipinski definition) is 0. The molecule has 94 valence electrons. The van der Waals surface area contributed by atoms with Crippen molar-refractivity contribution in [2.45, 2.75) is 64.5 Å². The average Bonchev–Trinajstić information content (AvgIpc) is 2.68. The Morgan fingerprint density at radius 3 is 2.65 bits per heavy atom. The Labute approximate surface area is 104 Å². The zero-order valence-corrected chi connectivity index (χ0v) is 10.8. The van der Waals surface area contributed by atoms with Crippen LogP contribution in [0.4, 0.5) is 4.39 Å². The molecule has 0 amide bonds. The second kappa shape index (κ2) is 6.18. The van der Waals surface area contributed by atoms with Crippen LogP contribution in [0.2, 0.25) is 0 Å². The Morgan fingerprint density at radius 2 is 1.82 bits per heavy atom. The Morgan fingerprint density at radius 1 is 1.06 bits per heavy atom. The fourth-order valence-electron chi connectivity index (χ4n) is 2.71. The SMILES string of the molecule is CCCCCCCc1ccc2c(c1)CC(F)C2. The molecule has 0 saturated heterocycles. The van der Waals surface area contributed by atoms with Gasteiger partial charge in [0.05, 0.1) is 0 Å². The lowest BCUT2D eigenvalue weighted by molar-refractivity contribution is 0.349. The van der Waals surface area contributed by atoms with Gasteiger partial charge in [-0.25, -0.2) is 4.39 Å². The molecule has 1 aliphatic carbocycles. The van der Waals surface area contributed by atoms with E-state index in [2.05, 4.69) is 25.1 Å². The Hall–Kier alpha value is -0.850. The van der Waals surface area contributed by atoms with Crippen LogP contribution in [0.25, 0.3) is 0 Å². The van der Waals surface area contributed by atoms with Crippen molar-refractivity contribution in [3.05, 3.63) is 34.9 Å². The van der Waals surface area contributed by atoms with E-state index in [0.29, 0.717) is 12.8 Å².